The number of rotatable bonds is 4. The maximum Gasteiger partial charge on any atom is 0.407 e. The average Bonchev–Trinajstić information content (AvgIpc) is 2.38. The van der Waals surface area contributed by atoms with E-state index in [4.69, 9.17) is 0 Å². The first-order chi connectivity index (χ1) is 8.54. The van der Waals surface area contributed by atoms with E-state index in [9.17, 15) is 9.59 Å². The Kier molecular flexibility index (Phi) is 5.17. The van der Waals surface area contributed by atoms with Gasteiger partial charge < -0.3 is 15.0 Å². The van der Waals surface area contributed by atoms with Crippen LogP contribution in [0.3, 0.4) is 0 Å². The summed E-state index contributed by atoms with van der Waals surface area (Å²) >= 11 is 0. The van der Waals surface area contributed by atoms with Gasteiger partial charge in [0.15, 0.2) is 0 Å². The van der Waals surface area contributed by atoms with E-state index in [1.54, 1.807) is 14.1 Å². The molecule has 0 heterocycles. The summed E-state index contributed by atoms with van der Waals surface area (Å²) in [6.45, 7) is 0. The second-order valence-electron chi connectivity index (χ2n) is 4.11. The maximum atomic E-state index is 12.0. The van der Waals surface area contributed by atoms with Crippen molar-refractivity contribution in [1.82, 2.24) is 10.2 Å². The van der Waals surface area contributed by atoms with E-state index >= 15 is 0 Å². The molecule has 98 valence electrons. The molecule has 0 aliphatic heterocycles. The van der Waals surface area contributed by atoms with Gasteiger partial charge in [0.1, 0.15) is 6.04 Å². The highest BCUT2D eigenvalue weighted by Gasteiger charge is 2.22. The monoisotopic (exact) mass is 250 g/mol. The number of hydrogen-bond acceptors (Lipinski definition) is 3. The normalized spacial score (nSPS) is 11.5. The highest BCUT2D eigenvalue weighted by Crippen LogP contribution is 2.05. The zero-order valence-electron chi connectivity index (χ0n) is 10.8. The molecule has 1 unspecified atom stereocenters. The van der Waals surface area contributed by atoms with Gasteiger partial charge in [-0.1, -0.05) is 30.3 Å². The summed E-state index contributed by atoms with van der Waals surface area (Å²) in [5, 5.41) is 2.54. The number of nitrogens with one attached hydrogen (secondary N) is 1. The van der Waals surface area contributed by atoms with Crippen LogP contribution in [0.1, 0.15) is 5.56 Å². The molecule has 0 saturated carbocycles. The standard InChI is InChI=1S/C13H18N2O3/c1-15(2)12(16)11(14-13(17)18-3)9-10-7-5-4-6-8-10/h4-8,11H,9H2,1-3H3,(H,14,17). The zero-order chi connectivity index (χ0) is 13.5. The van der Waals surface area contributed by atoms with Gasteiger partial charge in [0.2, 0.25) is 5.91 Å². The average molecular weight is 250 g/mol. The summed E-state index contributed by atoms with van der Waals surface area (Å²) in [7, 11) is 4.58. The highest BCUT2D eigenvalue weighted by atomic mass is 16.5. The summed E-state index contributed by atoms with van der Waals surface area (Å²) in [6, 6.07) is 8.90. The van der Waals surface area contributed by atoms with Crippen molar-refractivity contribution in [1.29, 1.82) is 0 Å². The van der Waals surface area contributed by atoms with E-state index < -0.39 is 12.1 Å². The van der Waals surface area contributed by atoms with Crippen molar-refractivity contribution >= 4 is 12.0 Å². The number of hydrogen-bond donors (Lipinski definition) is 1. The lowest BCUT2D eigenvalue weighted by atomic mass is 10.1. The van der Waals surface area contributed by atoms with Gasteiger partial charge in [-0.2, -0.15) is 0 Å². The number of carbonyl (C=O) groups excluding carboxylic acids is 2. The Morgan fingerprint density at radius 3 is 2.39 bits per heavy atom. The summed E-state index contributed by atoms with van der Waals surface area (Å²) in [6.07, 6.45) is -0.168. The van der Waals surface area contributed by atoms with Gasteiger partial charge >= 0.3 is 6.09 Å². The molecule has 0 spiro atoms. The largest absolute Gasteiger partial charge is 0.453 e. The summed E-state index contributed by atoms with van der Waals surface area (Å²) in [5.41, 5.74) is 0.981. The van der Waals surface area contributed by atoms with Crippen LogP contribution in [-0.4, -0.2) is 44.1 Å². The smallest absolute Gasteiger partial charge is 0.407 e. The third kappa shape index (κ3) is 4.08. The van der Waals surface area contributed by atoms with Crippen molar-refractivity contribution in [3.8, 4) is 0 Å². The van der Waals surface area contributed by atoms with Crippen LogP contribution in [0, 0.1) is 0 Å². The molecule has 5 nitrogen and oxygen atoms in total. The van der Waals surface area contributed by atoms with Crippen LogP contribution in [0.4, 0.5) is 4.79 Å². The van der Waals surface area contributed by atoms with Crippen molar-refractivity contribution in [3.63, 3.8) is 0 Å². The van der Waals surface area contributed by atoms with E-state index in [0.29, 0.717) is 6.42 Å². The Hall–Kier alpha value is -2.04. The lowest BCUT2D eigenvalue weighted by Crippen LogP contribution is -2.47. The minimum Gasteiger partial charge on any atom is -0.453 e. The molecule has 0 radical (unpaired) electrons. The number of alkyl carbamates (subject to hydrolysis) is 1. The van der Waals surface area contributed by atoms with E-state index in [0.717, 1.165) is 5.56 Å². The minimum absolute atomic E-state index is 0.163. The van der Waals surface area contributed by atoms with Gasteiger partial charge in [-0.25, -0.2) is 4.79 Å². The molecule has 0 aliphatic rings. The molecule has 1 aromatic carbocycles. The zero-order valence-corrected chi connectivity index (χ0v) is 10.8. The van der Waals surface area contributed by atoms with E-state index in [1.807, 2.05) is 30.3 Å². The van der Waals surface area contributed by atoms with Crippen molar-refractivity contribution < 1.29 is 14.3 Å². The third-order valence-corrected chi connectivity index (χ3v) is 2.50. The Balaban J connectivity index is 2.77. The minimum atomic E-state index is -0.616. The van der Waals surface area contributed by atoms with Gasteiger partial charge in [0.05, 0.1) is 7.11 Å². The lowest BCUT2D eigenvalue weighted by Gasteiger charge is -2.21. The molecule has 2 amide bonds. The molecule has 1 N–H and O–H groups in total. The van der Waals surface area contributed by atoms with Crippen molar-refractivity contribution in [2.75, 3.05) is 21.2 Å². The van der Waals surface area contributed by atoms with Crippen LogP contribution in [0.2, 0.25) is 0 Å². The number of nitrogens with zero attached hydrogens (tertiary/aromatic N) is 1. The van der Waals surface area contributed by atoms with Crippen molar-refractivity contribution in [2.45, 2.75) is 12.5 Å². The lowest BCUT2D eigenvalue weighted by molar-refractivity contribution is -0.130. The van der Waals surface area contributed by atoms with Crippen LogP contribution in [0.25, 0.3) is 0 Å². The molecule has 1 atom stereocenters. The molecule has 0 bridgehead atoms. The van der Waals surface area contributed by atoms with Crippen molar-refractivity contribution in [3.05, 3.63) is 35.9 Å². The van der Waals surface area contributed by atoms with Gasteiger partial charge in [0.25, 0.3) is 0 Å². The molecule has 5 heteroatoms. The van der Waals surface area contributed by atoms with Crippen LogP contribution >= 0.6 is 0 Å². The highest BCUT2D eigenvalue weighted by molar-refractivity contribution is 5.85. The fourth-order valence-electron chi connectivity index (χ4n) is 1.56. The first kappa shape index (κ1) is 14.0. The molecule has 18 heavy (non-hydrogen) atoms. The molecular formula is C13H18N2O3. The predicted octanol–water partition coefficient (Wildman–Crippen LogP) is 1.04. The predicted molar refractivity (Wildman–Crippen MR) is 68.2 cm³/mol. The molecule has 1 aromatic rings. The Bertz CT molecular complexity index is 404. The number of likely N-dealkylation sites (N-methyl/N-ethyl adjacent to an activating group) is 1. The van der Waals surface area contributed by atoms with Gasteiger partial charge in [0, 0.05) is 20.5 Å². The van der Waals surface area contributed by atoms with Crippen molar-refractivity contribution in [2.24, 2.45) is 0 Å². The summed E-state index contributed by atoms with van der Waals surface area (Å²) in [5.74, 6) is -0.163. The maximum absolute atomic E-state index is 12.0. The summed E-state index contributed by atoms with van der Waals surface area (Å²) < 4.78 is 4.53. The second kappa shape index (κ2) is 6.64. The fourth-order valence-corrected chi connectivity index (χ4v) is 1.56. The topological polar surface area (TPSA) is 58.6 Å². The second-order valence-corrected chi connectivity index (χ2v) is 4.11. The van der Waals surface area contributed by atoms with Gasteiger partial charge in [-0.05, 0) is 5.56 Å². The summed E-state index contributed by atoms with van der Waals surface area (Å²) in [4.78, 5) is 24.6. The Morgan fingerprint density at radius 2 is 1.89 bits per heavy atom. The first-order valence-corrected chi connectivity index (χ1v) is 5.64. The Labute approximate surface area is 107 Å². The SMILES string of the molecule is COC(=O)NC(Cc1ccccc1)C(=O)N(C)C. The van der Waals surface area contributed by atoms with Crippen LogP contribution in [0.5, 0.6) is 0 Å². The van der Waals surface area contributed by atoms with E-state index in [2.05, 4.69) is 10.1 Å². The molecular weight excluding hydrogens is 232 g/mol. The van der Waals surface area contributed by atoms with Crippen LogP contribution < -0.4 is 5.32 Å². The number of benzene rings is 1. The van der Waals surface area contributed by atoms with Crippen LogP contribution in [0.15, 0.2) is 30.3 Å². The molecule has 0 fully saturated rings. The number of carbonyl (C=O) groups is 2. The van der Waals surface area contributed by atoms with Gasteiger partial charge in [-0.15, -0.1) is 0 Å². The number of ether oxygens (including phenoxy) is 1. The first-order valence-electron chi connectivity index (χ1n) is 5.64. The molecule has 0 aliphatic carbocycles. The molecule has 0 saturated heterocycles. The molecule has 1 rings (SSSR count). The molecule has 0 aromatic heterocycles. The fraction of sp³-hybridized carbons (Fsp3) is 0.385. The van der Waals surface area contributed by atoms with E-state index in [-0.39, 0.29) is 5.91 Å². The quantitative estimate of drug-likeness (QED) is 0.868. The van der Waals surface area contributed by atoms with Gasteiger partial charge in [-0.3, -0.25) is 4.79 Å². The Morgan fingerprint density at radius 1 is 1.28 bits per heavy atom. The number of methoxy groups -OCH3 is 1. The third-order valence-electron chi connectivity index (χ3n) is 2.50. The van der Waals surface area contributed by atoms with Crippen LogP contribution in [-0.2, 0) is 16.0 Å². The number of amides is 2. The van der Waals surface area contributed by atoms with E-state index in [1.165, 1.54) is 12.0 Å².